The third-order valence-corrected chi connectivity index (χ3v) is 2.33. The van der Waals surface area contributed by atoms with Crippen LogP contribution in [0.1, 0.15) is 12.5 Å². The summed E-state index contributed by atoms with van der Waals surface area (Å²) in [5.41, 5.74) is 4.62. The molecule has 0 aliphatic heterocycles. The number of nitrogens with two attached hydrogens (primary N) is 1. The lowest BCUT2D eigenvalue weighted by Crippen LogP contribution is -2.09. The minimum absolute atomic E-state index is 0.601. The molecule has 0 amide bonds. The first-order valence-corrected chi connectivity index (χ1v) is 5.08. The Morgan fingerprint density at radius 3 is 2.94 bits per heavy atom. The molecule has 2 rings (SSSR count). The zero-order chi connectivity index (χ0) is 11.4. The Kier molecular flexibility index (Phi) is 3.07. The zero-order valence-corrected chi connectivity index (χ0v) is 9.01. The highest BCUT2D eigenvalue weighted by Crippen LogP contribution is 2.20. The second-order valence-electron chi connectivity index (χ2n) is 3.30. The normalized spacial score (nSPS) is 10.1. The molecule has 82 valence electrons. The van der Waals surface area contributed by atoms with Crippen LogP contribution in [0, 0.1) is 0 Å². The lowest BCUT2D eigenvalue weighted by Gasteiger charge is -2.06. The molecule has 16 heavy (non-hydrogen) atoms. The second kappa shape index (κ2) is 4.67. The minimum atomic E-state index is 0.601. The van der Waals surface area contributed by atoms with E-state index in [1.807, 2.05) is 12.3 Å². The van der Waals surface area contributed by atoms with Crippen molar-refractivity contribution in [1.82, 2.24) is 15.0 Å². The van der Waals surface area contributed by atoms with Gasteiger partial charge in [-0.3, -0.25) is 4.98 Å². The molecule has 0 aliphatic carbocycles. The topological polar surface area (TPSA) is 76.7 Å². The van der Waals surface area contributed by atoms with Crippen LogP contribution < -0.4 is 11.3 Å². The maximum atomic E-state index is 5.31. The monoisotopic (exact) mass is 215 g/mol. The van der Waals surface area contributed by atoms with E-state index in [0.29, 0.717) is 11.6 Å². The third-order valence-electron chi connectivity index (χ3n) is 2.33. The molecule has 0 unspecified atom stereocenters. The highest BCUT2D eigenvalue weighted by atomic mass is 15.3. The van der Waals surface area contributed by atoms with Crippen molar-refractivity contribution in [2.24, 2.45) is 5.84 Å². The Bertz CT molecular complexity index is 483. The van der Waals surface area contributed by atoms with Crippen LogP contribution in [-0.4, -0.2) is 15.0 Å². The van der Waals surface area contributed by atoms with E-state index in [-0.39, 0.29) is 0 Å². The van der Waals surface area contributed by atoms with Crippen molar-refractivity contribution in [3.63, 3.8) is 0 Å². The van der Waals surface area contributed by atoms with Crippen molar-refractivity contribution in [3.8, 4) is 11.4 Å². The number of aryl methyl sites for hydroxylation is 1. The fraction of sp³-hybridized carbons (Fsp3) is 0.182. The molecule has 3 N–H and O–H groups in total. The molecule has 2 heterocycles. The van der Waals surface area contributed by atoms with E-state index in [1.54, 1.807) is 18.5 Å². The summed E-state index contributed by atoms with van der Waals surface area (Å²) >= 11 is 0. The van der Waals surface area contributed by atoms with Crippen LogP contribution in [0.2, 0.25) is 0 Å². The highest BCUT2D eigenvalue weighted by Gasteiger charge is 2.06. The van der Waals surface area contributed by atoms with Crippen molar-refractivity contribution in [1.29, 1.82) is 0 Å². The van der Waals surface area contributed by atoms with Gasteiger partial charge in [-0.25, -0.2) is 15.8 Å². The average Bonchev–Trinajstić information content (AvgIpc) is 2.38. The first-order valence-electron chi connectivity index (χ1n) is 5.08. The smallest absolute Gasteiger partial charge is 0.161 e. The molecule has 0 spiro atoms. The number of rotatable bonds is 3. The summed E-state index contributed by atoms with van der Waals surface area (Å²) in [6, 6.07) is 3.63. The van der Waals surface area contributed by atoms with Crippen molar-refractivity contribution in [2.45, 2.75) is 13.3 Å². The first-order chi connectivity index (χ1) is 7.85. The van der Waals surface area contributed by atoms with Crippen molar-refractivity contribution in [3.05, 3.63) is 36.3 Å². The molecular weight excluding hydrogens is 202 g/mol. The number of nitrogen functional groups attached to an aromatic ring is 1. The number of nitrogens with zero attached hydrogens (tertiary/aromatic N) is 3. The molecule has 5 nitrogen and oxygen atoms in total. The molecule has 0 aromatic carbocycles. The van der Waals surface area contributed by atoms with Gasteiger partial charge in [0.15, 0.2) is 5.82 Å². The molecule has 2 aromatic rings. The van der Waals surface area contributed by atoms with E-state index in [0.717, 1.165) is 17.5 Å². The Hall–Kier alpha value is -2.01. The lowest BCUT2D eigenvalue weighted by atomic mass is 10.1. The Balaban J connectivity index is 2.49. The fourth-order valence-corrected chi connectivity index (χ4v) is 1.50. The summed E-state index contributed by atoms with van der Waals surface area (Å²) in [5, 5.41) is 0. The van der Waals surface area contributed by atoms with Gasteiger partial charge in [-0.2, -0.15) is 0 Å². The summed E-state index contributed by atoms with van der Waals surface area (Å²) in [7, 11) is 0. The van der Waals surface area contributed by atoms with Gasteiger partial charge in [-0.15, -0.1) is 0 Å². The predicted molar refractivity (Wildman–Crippen MR) is 62.5 cm³/mol. The fourth-order valence-electron chi connectivity index (χ4n) is 1.50. The van der Waals surface area contributed by atoms with E-state index in [9.17, 15) is 0 Å². The number of hydrogen-bond acceptors (Lipinski definition) is 5. The number of aromatic nitrogens is 3. The maximum absolute atomic E-state index is 5.31. The van der Waals surface area contributed by atoms with Crippen molar-refractivity contribution >= 4 is 5.82 Å². The largest absolute Gasteiger partial charge is 0.308 e. The SMILES string of the molecule is CCc1cnccc1-c1nccc(NN)n1. The van der Waals surface area contributed by atoms with Gasteiger partial charge in [-0.05, 0) is 18.1 Å². The van der Waals surface area contributed by atoms with Crippen LogP contribution in [0.25, 0.3) is 11.4 Å². The van der Waals surface area contributed by atoms with Gasteiger partial charge < -0.3 is 5.43 Å². The van der Waals surface area contributed by atoms with Gasteiger partial charge in [0.1, 0.15) is 5.82 Å². The van der Waals surface area contributed by atoms with Crippen LogP contribution in [0.3, 0.4) is 0 Å². The van der Waals surface area contributed by atoms with E-state index in [4.69, 9.17) is 5.84 Å². The first kappa shape index (κ1) is 10.5. The summed E-state index contributed by atoms with van der Waals surface area (Å²) in [6.07, 6.45) is 6.14. The predicted octanol–water partition coefficient (Wildman–Crippen LogP) is 1.39. The number of nitrogens with one attached hydrogen (secondary N) is 1. The van der Waals surface area contributed by atoms with Gasteiger partial charge in [0.2, 0.25) is 0 Å². The van der Waals surface area contributed by atoms with Gasteiger partial charge >= 0.3 is 0 Å². The number of hydrazine groups is 1. The summed E-state index contributed by atoms with van der Waals surface area (Å²) in [6.45, 7) is 2.07. The van der Waals surface area contributed by atoms with Gasteiger partial charge in [0.05, 0.1) is 0 Å². The van der Waals surface area contributed by atoms with E-state index >= 15 is 0 Å². The Morgan fingerprint density at radius 2 is 2.19 bits per heavy atom. The van der Waals surface area contributed by atoms with Gasteiger partial charge in [0, 0.05) is 30.2 Å². The third kappa shape index (κ3) is 1.99. The van der Waals surface area contributed by atoms with Crippen LogP contribution >= 0.6 is 0 Å². The van der Waals surface area contributed by atoms with Gasteiger partial charge in [0.25, 0.3) is 0 Å². The average molecular weight is 215 g/mol. The van der Waals surface area contributed by atoms with Crippen LogP contribution in [-0.2, 0) is 6.42 Å². The van der Waals surface area contributed by atoms with Crippen LogP contribution in [0.5, 0.6) is 0 Å². The summed E-state index contributed by atoms with van der Waals surface area (Å²) < 4.78 is 0. The molecule has 0 bridgehead atoms. The molecular formula is C11H13N5. The zero-order valence-electron chi connectivity index (χ0n) is 9.01. The molecule has 0 fully saturated rings. The second-order valence-corrected chi connectivity index (χ2v) is 3.30. The quantitative estimate of drug-likeness (QED) is 0.597. The van der Waals surface area contributed by atoms with E-state index < -0.39 is 0 Å². The molecule has 2 aromatic heterocycles. The standard InChI is InChI=1S/C11H13N5/c1-2-8-7-13-5-3-9(8)11-14-6-4-10(15-11)16-12/h3-7H,2,12H2,1H3,(H,14,15,16). The maximum Gasteiger partial charge on any atom is 0.161 e. The number of hydrogen-bond donors (Lipinski definition) is 2. The molecule has 5 heteroatoms. The van der Waals surface area contributed by atoms with Crippen molar-refractivity contribution in [2.75, 3.05) is 5.43 Å². The summed E-state index contributed by atoms with van der Waals surface area (Å²) in [5.74, 6) is 6.58. The Labute approximate surface area is 93.7 Å². The Morgan fingerprint density at radius 1 is 1.31 bits per heavy atom. The molecule has 0 radical (unpaired) electrons. The minimum Gasteiger partial charge on any atom is -0.308 e. The van der Waals surface area contributed by atoms with E-state index in [2.05, 4.69) is 27.3 Å². The molecule has 0 saturated heterocycles. The van der Waals surface area contributed by atoms with Crippen LogP contribution in [0.4, 0.5) is 5.82 Å². The van der Waals surface area contributed by atoms with Crippen LogP contribution in [0.15, 0.2) is 30.7 Å². The summed E-state index contributed by atoms with van der Waals surface area (Å²) in [4.78, 5) is 12.6. The van der Waals surface area contributed by atoms with Crippen molar-refractivity contribution < 1.29 is 0 Å². The van der Waals surface area contributed by atoms with E-state index in [1.165, 1.54) is 0 Å². The molecule has 0 atom stereocenters. The number of pyridine rings is 1. The number of anilines is 1. The molecule has 0 aliphatic rings. The highest BCUT2D eigenvalue weighted by molar-refractivity contribution is 5.60. The molecule has 0 saturated carbocycles. The lowest BCUT2D eigenvalue weighted by molar-refractivity contribution is 1.08. The van der Waals surface area contributed by atoms with Gasteiger partial charge in [-0.1, -0.05) is 6.92 Å².